The first-order chi connectivity index (χ1) is 10.0. The molecule has 7 heteroatoms. The van der Waals surface area contributed by atoms with Crippen molar-refractivity contribution in [3.8, 4) is 0 Å². The second-order valence-electron chi connectivity index (χ2n) is 5.51. The average Bonchev–Trinajstić information content (AvgIpc) is 2.44. The van der Waals surface area contributed by atoms with E-state index < -0.39 is 0 Å². The molecular formula is C14H23N5O2. The summed E-state index contributed by atoms with van der Waals surface area (Å²) in [6, 6.07) is 0.136. The van der Waals surface area contributed by atoms with Gasteiger partial charge in [0.25, 0.3) is 5.91 Å². The van der Waals surface area contributed by atoms with Gasteiger partial charge in [-0.05, 0) is 19.8 Å². The van der Waals surface area contributed by atoms with Gasteiger partial charge in [-0.25, -0.2) is 9.97 Å². The van der Waals surface area contributed by atoms with Crippen molar-refractivity contribution >= 4 is 11.6 Å². The van der Waals surface area contributed by atoms with E-state index in [4.69, 9.17) is 10.6 Å². The average molecular weight is 293 g/mol. The Morgan fingerprint density at radius 3 is 2.81 bits per heavy atom. The summed E-state index contributed by atoms with van der Waals surface area (Å²) in [7, 11) is 0. The van der Waals surface area contributed by atoms with Crippen LogP contribution in [-0.4, -0.2) is 34.6 Å². The summed E-state index contributed by atoms with van der Waals surface area (Å²) in [6.45, 7) is 6.63. The molecule has 0 radical (unpaired) electrons. The molecule has 1 heterocycles. The molecule has 1 aromatic heterocycles. The summed E-state index contributed by atoms with van der Waals surface area (Å²) in [4.78, 5) is 20.8. The Morgan fingerprint density at radius 2 is 2.24 bits per heavy atom. The molecule has 4 N–H and O–H groups in total. The minimum absolute atomic E-state index is 0.136. The molecule has 7 nitrogen and oxygen atoms in total. The Morgan fingerprint density at radius 1 is 1.52 bits per heavy atom. The summed E-state index contributed by atoms with van der Waals surface area (Å²) in [5.41, 5.74) is 3.19. The van der Waals surface area contributed by atoms with Crippen LogP contribution in [0.3, 0.4) is 0 Å². The summed E-state index contributed by atoms with van der Waals surface area (Å²) in [5.74, 6) is 5.97. The number of nitrogens with zero attached hydrogens (tertiary/aromatic N) is 2. The number of ether oxygens (including phenoxy) is 1. The van der Waals surface area contributed by atoms with E-state index in [1.165, 1.54) is 0 Å². The van der Waals surface area contributed by atoms with Gasteiger partial charge in [-0.3, -0.25) is 10.6 Å². The Kier molecular flexibility index (Phi) is 5.08. The highest BCUT2D eigenvalue weighted by Crippen LogP contribution is 2.24. The van der Waals surface area contributed by atoms with Crippen LogP contribution in [0.15, 0.2) is 6.20 Å². The van der Waals surface area contributed by atoms with Crippen molar-refractivity contribution in [2.45, 2.75) is 51.7 Å². The normalized spacial score (nSPS) is 21.0. The maximum atomic E-state index is 12.3. The van der Waals surface area contributed by atoms with Crippen LogP contribution in [0.5, 0.6) is 0 Å². The highest BCUT2D eigenvalue weighted by molar-refractivity contribution is 5.97. The molecule has 116 valence electrons. The zero-order valence-electron chi connectivity index (χ0n) is 12.7. The first-order valence-corrected chi connectivity index (χ1v) is 7.31. The van der Waals surface area contributed by atoms with E-state index in [0.717, 1.165) is 12.8 Å². The fourth-order valence-corrected chi connectivity index (χ4v) is 2.26. The van der Waals surface area contributed by atoms with Gasteiger partial charge in [0, 0.05) is 18.6 Å². The molecule has 1 fully saturated rings. The standard InChI is InChI=1S/C14H23N5O2/c1-4-21-10-5-9(6-10)17-14(20)12-11(19-15)7-16-13(18-12)8(2)3/h7-10,19H,4-6,15H2,1-3H3,(H,17,20). The number of aromatic nitrogens is 2. The van der Waals surface area contributed by atoms with E-state index in [9.17, 15) is 4.79 Å². The monoisotopic (exact) mass is 293 g/mol. The lowest BCUT2D eigenvalue weighted by atomic mass is 9.89. The summed E-state index contributed by atoms with van der Waals surface area (Å²) < 4.78 is 5.48. The molecule has 1 saturated carbocycles. The third kappa shape index (κ3) is 3.68. The minimum Gasteiger partial charge on any atom is -0.378 e. The number of amides is 1. The van der Waals surface area contributed by atoms with Crippen molar-refractivity contribution in [3.05, 3.63) is 17.7 Å². The van der Waals surface area contributed by atoms with Gasteiger partial charge in [0.1, 0.15) is 5.82 Å². The maximum Gasteiger partial charge on any atom is 0.272 e. The number of nitrogens with one attached hydrogen (secondary N) is 2. The molecular weight excluding hydrogens is 270 g/mol. The number of carbonyl (C=O) groups excluding carboxylic acids is 1. The SMILES string of the molecule is CCOC1CC(NC(=O)c2nc(C(C)C)ncc2NN)C1. The van der Waals surface area contributed by atoms with Crippen LogP contribution in [0.2, 0.25) is 0 Å². The van der Waals surface area contributed by atoms with Crippen molar-refractivity contribution in [2.75, 3.05) is 12.0 Å². The highest BCUT2D eigenvalue weighted by atomic mass is 16.5. The smallest absolute Gasteiger partial charge is 0.272 e. The molecule has 21 heavy (non-hydrogen) atoms. The van der Waals surface area contributed by atoms with E-state index in [1.54, 1.807) is 6.20 Å². The number of hydrogen-bond acceptors (Lipinski definition) is 6. The first kappa shape index (κ1) is 15.7. The molecule has 0 spiro atoms. The third-order valence-electron chi connectivity index (χ3n) is 3.53. The number of anilines is 1. The van der Waals surface area contributed by atoms with Crippen molar-refractivity contribution in [1.82, 2.24) is 15.3 Å². The van der Waals surface area contributed by atoms with Gasteiger partial charge in [-0.2, -0.15) is 0 Å². The molecule has 1 aromatic rings. The van der Waals surface area contributed by atoms with Crippen LogP contribution in [0, 0.1) is 0 Å². The Bertz CT molecular complexity index is 500. The number of hydrogen-bond donors (Lipinski definition) is 3. The Balaban J connectivity index is 2.03. The van der Waals surface area contributed by atoms with Crippen LogP contribution in [0.25, 0.3) is 0 Å². The number of nitrogen functional groups attached to an aromatic ring is 1. The van der Waals surface area contributed by atoms with E-state index >= 15 is 0 Å². The van der Waals surface area contributed by atoms with Gasteiger partial charge in [0.15, 0.2) is 5.69 Å². The first-order valence-electron chi connectivity index (χ1n) is 7.31. The summed E-state index contributed by atoms with van der Waals surface area (Å²) in [5, 5.41) is 2.96. The molecule has 0 unspecified atom stereocenters. The second kappa shape index (κ2) is 6.82. The van der Waals surface area contributed by atoms with Crippen LogP contribution < -0.4 is 16.6 Å². The molecule has 1 aliphatic rings. The zero-order valence-corrected chi connectivity index (χ0v) is 12.7. The molecule has 0 bridgehead atoms. The van der Waals surface area contributed by atoms with Gasteiger partial charge in [-0.15, -0.1) is 0 Å². The van der Waals surface area contributed by atoms with Gasteiger partial charge in [-0.1, -0.05) is 13.8 Å². The predicted molar refractivity (Wildman–Crippen MR) is 79.8 cm³/mol. The van der Waals surface area contributed by atoms with Crippen molar-refractivity contribution in [2.24, 2.45) is 5.84 Å². The van der Waals surface area contributed by atoms with Gasteiger partial charge < -0.3 is 15.5 Å². The van der Waals surface area contributed by atoms with Gasteiger partial charge >= 0.3 is 0 Å². The lowest BCUT2D eigenvalue weighted by Crippen LogP contribution is -2.48. The molecule has 2 rings (SSSR count). The topological polar surface area (TPSA) is 102 Å². The third-order valence-corrected chi connectivity index (χ3v) is 3.53. The molecule has 0 aromatic carbocycles. The van der Waals surface area contributed by atoms with Crippen LogP contribution >= 0.6 is 0 Å². The number of carbonyl (C=O) groups is 1. The lowest BCUT2D eigenvalue weighted by molar-refractivity contribution is -0.00866. The quantitative estimate of drug-likeness (QED) is 0.538. The van der Waals surface area contributed by atoms with E-state index in [2.05, 4.69) is 20.7 Å². The van der Waals surface area contributed by atoms with Crippen molar-refractivity contribution in [3.63, 3.8) is 0 Å². The Labute approximate surface area is 124 Å². The number of nitrogens with two attached hydrogens (primary N) is 1. The predicted octanol–water partition coefficient (Wildman–Crippen LogP) is 1.18. The van der Waals surface area contributed by atoms with E-state index in [1.807, 2.05) is 20.8 Å². The molecule has 0 aliphatic heterocycles. The van der Waals surface area contributed by atoms with Crippen LogP contribution in [0.4, 0.5) is 5.69 Å². The summed E-state index contributed by atoms with van der Waals surface area (Å²) >= 11 is 0. The zero-order chi connectivity index (χ0) is 15.4. The Hall–Kier alpha value is -1.73. The molecule has 0 saturated heterocycles. The van der Waals surface area contributed by atoms with Crippen LogP contribution in [0.1, 0.15) is 55.8 Å². The fraction of sp³-hybridized carbons (Fsp3) is 0.643. The molecule has 0 atom stereocenters. The van der Waals surface area contributed by atoms with Gasteiger partial charge in [0.05, 0.1) is 18.0 Å². The van der Waals surface area contributed by atoms with Crippen molar-refractivity contribution in [1.29, 1.82) is 0 Å². The van der Waals surface area contributed by atoms with E-state index in [0.29, 0.717) is 18.1 Å². The molecule has 1 amide bonds. The van der Waals surface area contributed by atoms with Gasteiger partial charge in [0.2, 0.25) is 0 Å². The van der Waals surface area contributed by atoms with E-state index in [-0.39, 0.29) is 29.7 Å². The fourth-order valence-electron chi connectivity index (χ4n) is 2.26. The number of hydrazine groups is 1. The number of rotatable bonds is 6. The summed E-state index contributed by atoms with van der Waals surface area (Å²) in [6.07, 6.45) is 3.48. The molecule has 1 aliphatic carbocycles. The minimum atomic E-state index is -0.229. The second-order valence-corrected chi connectivity index (χ2v) is 5.51. The highest BCUT2D eigenvalue weighted by Gasteiger charge is 2.31. The van der Waals surface area contributed by atoms with Crippen molar-refractivity contribution < 1.29 is 9.53 Å². The lowest BCUT2D eigenvalue weighted by Gasteiger charge is -2.35. The maximum absolute atomic E-state index is 12.3. The largest absolute Gasteiger partial charge is 0.378 e. The van der Waals surface area contributed by atoms with Crippen LogP contribution in [-0.2, 0) is 4.74 Å².